The van der Waals surface area contributed by atoms with Crippen LogP contribution in [0.4, 0.5) is 0 Å². The van der Waals surface area contributed by atoms with Gasteiger partial charge in [0.05, 0.1) is 0 Å². The second-order valence-electron chi connectivity index (χ2n) is 1.74. The number of aliphatic hydroxyl groups is 1. The van der Waals surface area contributed by atoms with E-state index in [9.17, 15) is 0 Å². The summed E-state index contributed by atoms with van der Waals surface area (Å²) in [5.41, 5.74) is 0. The summed E-state index contributed by atoms with van der Waals surface area (Å²) in [4.78, 5) is 0. The Kier molecular flexibility index (Phi) is 7.87. The van der Waals surface area contributed by atoms with Crippen molar-refractivity contribution in [2.24, 2.45) is 0 Å². The molecule has 0 spiro atoms. The Morgan fingerprint density at radius 3 is 2.78 bits per heavy atom. The third-order valence-electron chi connectivity index (χ3n) is 0.825. The number of aliphatic hydroxyl groups excluding tert-OH is 1. The van der Waals surface area contributed by atoms with E-state index >= 15 is 0 Å². The first-order valence-corrected chi connectivity index (χ1v) is 4.01. The number of hydrogen-bond acceptors (Lipinski definition) is 3. The first-order chi connectivity index (χ1) is 4.31. The topological polar surface area (TPSA) is 38.7 Å². The van der Waals surface area contributed by atoms with Gasteiger partial charge in [0.1, 0.15) is 0 Å². The average molecular weight is 208 g/mol. The molecular weight excluding hydrogens is 197 g/mol. The van der Waals surface area contributed by atoms with Gasteiger partial charge in [-0.05, 0) is 0 Å². The van der Waals surface area contributed by atoms with Gasteiger partial charge in [-0.2, -0.15) is 0 Å². The van der Waals surface area contributed by atoms with Gasteiger partial charge in [0.25, 0.3) is 0 Å². The van der Waals surface area contributed by atoms with Crippen LogP contribution in [0.25, 0.3) is 0 Å². The molecular formula is C5H11O3Y. The normalized spacial score (nSPS) is 13.4. The molecule has 0 amide bonds. The van der Waals surface area contributed by atoms with E-state index in [1.807, 2.05) is 6.92 Å². The van der Waals surface area contributed by atoms with E-state index in [0.717, 1.165) is 31.5 Å². The fraction of sp³-hybridized carbons (Fsp3) is 1.00. The van der Waals surface area contributed by atoms with Gasteiger partial charge in [-0.1, -0.05) is 0 Å². The van der Waals surface area contributed by atoms with Crippen molar-refractivity contribution in [3.63, 3.8) is 0 Å². The van der Waals surface area contributed by atoms with Crippen LogP contribution in [0.2, 0.25) is 0 Å². The maximum atomic E-state index is 8.33. The molecule has 0 aromatic heterocycles. The van der Waals surface area contributed by atoms with Crippen molar-refractivity contribution >= 4 is 0 Å². The molecule has 0 aliphatic rings. The van der Waals surface area contributed by atoms with Crippen molar-refractivity contribution in [1.29, 1.82) is 0 Å². The molecule has 0 radical (unpaired) electrons. The molecule has 3 nitrogen and oxygen atoms in total. The maximum absolute atomic E-state index is 8.33. The van der Waals surface area contributed by atoms with E-state index < -0.39 is 0 Å². The zero-order valence-electron chi connectivity index (χ0n) is 5.54. The van der Waals surface area contributed by atoms with E-state index in [2.05, 4.69) is 0 Å². The molecule has 0 rings (SSSR count). The van der Waals surface area contributed by atoms with Gasteiger partial charge in [-0.25, -0.2) is 0 Å². The van der Waals surface area contributed by atoms with Gasteiger partial charge in [0, 0.05) is 0 Å². The van der Waals surface area contributed by atoms with Crippen LogP contribution in [-0.2, 0) is 38.3 Å². The van der Waals surface area contributed by atoms with Crippen LogP contribution < -0.4 is 0 Å². The van der Waals surface area contributed by atoms with Crippen molar-refractivity contribution in [2.45, 2.75) is 13.0 Å². The van der Waals surface area contributed by atoms with Gasteiger partial charge >= 0.3 is 76.2 Å². The fourth-order valence-corrected chi connectivity index (χ4v) is 1.10. The van der Waals surface area contributed by atoms with Crippen molar-refractivity contribution < 1.29 is 43.4 Å². The van der Waals surface area contributed by atoms with Gasteiger partial charge in [-0.3, -0.25) is 0 Å². The van der Waals surface area contributed by atoms with E-state index in [0.29, 0.717) is 13.2 Å². The number of hydrogen-bond donors (Lipinski definition) is 1. The molecule has 0 fully saturated rings. The Bertz CT molecular complexity index is 60.2. The molecule has 1 atom stereocenters. The predicted molar refractivity (Wildman–Crippen MR) is 28.5 cm³/mol. The van der Waals surface area contributed by atoms with Crippen LogP contribution in [0.15, 0.2) is 0 Å². The van der Waals surface area contributed by atoms with Gasteiger partial charge < -0.3 is 0 Å². The third kappa shape index (κ3) is 6.87. The summed E-state index contributed by atoms with van der Waals surface area (Å²) in [5.74, 6) is 0. The summed E-state index contributed by atoms with van der Waals surface area (Å²) in [5, 5.41) is 8.33. The summed E-state index contributed by atoms with van der Waals surface area (Å²) in [6.45, 7) is 3.06. The average Bonchev–Trinajstić information content (AvgIpc) is 1.85. The Morgan fingerprint density at radius 2 is 2.33 bits per heavy atom. The Labute approximate surface area is 76.0 Å². The van der Waals surface area contributed by atoms with Gasteiger partial charge in [-0.15, -0.1) is 0 Å². The van der Waals surface area contributed by atoms with Gasteiger partial charge in [0.2, 0.25) is 0 Å². The standard InChI is InChI=1S/C5H11O3.Y/c1-5(4-7)8-3-2-6;/h5-6H,2-4H2,1H3;/q-1;+1. The molecule has 1 N–H and O–H groups in total. The Hall–Kier alpha value is 0.984. The van der Waals surface area contributed by atoms with E-state index in [-0.39, 0.29) is 12.7 Å². The summed E-state index contributed by atoms with van der Waals surface area (Å²) in [6, 6.07) is 0. The van der Waals surface area contributed by atoms with Crippen LogP contribution in [0.3, 0.4) is 0 Å². The van der Waals surface area contributed by atoms with Crippen molar-refractivity contribution in [1.82, 2.24) is 0 Å². The predicted octanol–water partition coefficient (Wildman–Crippen LogP) is -0.138. The molecule has 0 aromatic carbocycles. The molecule has 0 bridgehead atoms. The molecule has 9 heavy (non-hydrogen) atoms. The van der Waals surface area contributed by atoms with E-state index in [4.69, 9.17) is 11.9 Å². The third-order valence-corrected chi connectivity index (χ3v) is 1.30. The minimum atomic E-state index is 0.0880. The summed E-state index contributed by atoms with van der Waals surface area (Å²) in [6.07, 6.45) is 0.118. The molecule has 0 aliphatic carbocycles. The fourth-order valence-electron chi connectivity index (χ4n) is 0.438. The molecule has 52 valence electrons. The summed E-state index contributed by atoms with van der Waals surface area (Å²) >= 11 is 0.809. The Morgan fingerprint density at radius 1 is 1.67 bits per heavy atom. The summed E-state index contributed by atoms with van der Waals surface area (Å²) < 4.78 is 10.0. The first-order valence-electron chi connectivity index (χ1n) is 2.85. The molecule has 1 unspecified atom stereocenters. The molecule has 0 saturated carbocycles. The van der Waals surface area contributed by atoms with Gasteiger partial charge in [0.15, 0.2) is 0 Å². The first kappa shape index (κ1) is 9.98. The second-order valence-corrected chi connectivity index (χ2v) is 2.56. The monoisotopic (exact) mass is 208 g/mol. The van der Waals surface area contributed by atoms with Crippen molar-refractivity contribution in [3.8, 4) is 0 Å². The van der Waals surface area contributed by atoms with Crippen LogP contribution >= 0.6 is 0 Å². The van der Waals surface area contributed by atoms with Crippen molar-refractivity contribution in [3.05, 3.63) is 0 Å². The van der Waals surface area contributed by atoms with Crippen LogP contribution in [0, 0.1) is 0 Å². The van der Waals surface area contributed by atoms with E-state index in [1.54, 1.807) is 0 Å². The van der Waals surface area contributed by atoms with Crippen molar-refractivity contribution in [2.75, 3.05) is 19.8 Å². The molecule has 0 aliphatic heterocycles. The minimum absolute atomic E-state index is 0.0880. The zero-order valence-corrected chi connectivity index (χ0v) is 8.38. The summed E-state index contributed by atoms with van der Waals surface area (Å²) in [7, 11) is 0. The number of rotatable bonds is 5. The zero-order chi connectivity index (χ0) is 7.11. The molecule has 0 heterocycles. The quantitative estimate of drug-likeness (QED) is 0.683. The van der Waals surface area contributed by atoms with Crippen LogP contribution in [0.5, 0.6) is 0 Å². The Balaban J connectivity index is 2.95. The van der Waals surface area contributed by atoms with Crippen LogP contribution in [-0.4, -0.2) is 31.0 Å². The molecule has 0 aromatic rings. The second kappa shape index (κ2) is 7.10. The van der Waals surface area contributed by atoms with Crippen LogP contribution in [0.1, 0.15) is 6.92 Å². The molecule has 0 saturated heterocycles. The van der Waals surface area contributed by atoms with E-state index in [1.165, 1.54) is 0 Å². The SMILES string of the molecule is CC(C[O][Y])OCCO. The number of ether oxygens (including phenoxy) is 1. The molecule has 4 heteroatoms.